The van der Waals surface area contributed by atoms with E-state index < -0.39 is 6.23 Å². The highest BCUT2D eigenvalue weighted by atomic mass is 16.3. The van der Waals surface area contributed by atoms with Crippen molar-refractivity contribution in [1.82, 2.24) is 10.2 Å². The summed E-state index contributed by atoms with van der Waals surface area (Å²) in [5, 5.41) is 13.3. The van der Waals surface area contributed by atoms with Crippen LogP contribution in [-0.4, -0.2) is 42.3 Å². The van der Waals surface area contributed by atoms with Crippen LogP contribution in [0, 0.1) is 5.92 Å². The van der Waals surface area contributed by atoms with E-state index in [-0.39, 0.29) is 11.8 Å². The van der Waals surface area contributed by atoms with Crippen molar-refractivity contribution in [2.75, 3.05) is 20.1 Å². The van der Waals surface area contributed by atoms with Crippen LogP contribution in [0.5, 0.6) is 0 Å². The van der Waals surface area contributed by atoms with Gasteiger partial charge in [0.25, 0.3) is 0 Å². The Kier molecular flexibility index (Phi) is 11.8. The lowest BCUT2D eigenvalue weighted by molar-refractivity contribution is -0.135. The standard InChI is InChI=1S/C16H34N2O2/c1-5-8-11-14(15(19)17-4)16(20)18(12-9-6-2)13-10-7-3/h14,16,20H,5-13H2,1-4H3,(H,17,19). The molecule has 0 aliphatic heterocycles. The molecule has 20 heavy (non-hydrogen) atoms. The Balaban J connectivity index is 4.71. The third kappa shape index (κ3) is 7.25. The summed E-state index contributed by atoms with van der Waals surface area (Å²) in [6.07, 6.45) is 6.47. The first-order valence-corrected chi connectivity index (χ1v) is 8.25. The van der Waals surface area contributed by atoms with Crippen molar-refractivity contribution in [3.8, 4) is 0 Å². The van der Waals surface area contributed by atoms with E-state index in [2.05, 4.69) is 31.0 Å². The van der Waals surface area contributed by atoms with Crippen molar-refractivity contribution in [2.45, 2.75) is 71.9 Å². The fourth-order valence-electron chi connectivity index (χ4n) is 2.38. The predicted molar refractivity (Wildman–Crippen MR) is 84.5 cm³/mol. The molecular formula is C16H34N2O2. The average Bonchev–Trinajstić information content (AvgIpc) is 2.47. The summed E-state index contributed by atoms with van der Waals surface area (Å²) in [6, 6.07) is 0. The molecule has 2 unspecified atom stereocenters. The topological polar surface area (TPSA) is 52.6 Å². The van der Waals surface area contributed by atoms with Crippen LogP contribution in [0.1, 0.15) is 65.7 Å². The fourth-order valence-corrected chi connectivity index (χ4v) is 2.38. The summed E-state index contributed by atoms with van der Waals surface area (Å²) in [4.78, 5) is 14.1. The lowest BCUT2D eigenvalue weighted by Crippen LogP contribution is -2.47. The molecular weight excluding hydrogens is 252 g/mol. The molecule has 2 atom stereocenters. The number of nitrogens with one attached hydrogen (secondary N) is 1. The van der Waals surface area contributed by atoms with Gasteiger partial charge >= 0.3 is 0 Å². The Morgan fingerprint density at radius 1 is 1.05 bits per heavy atom. The van der Waals surface area contributed by atoms with Crippen molar-refractivity contribution in [3.63, 3.8) is 0 Å². The van der Waals surface area contributed by atoms with E-state index in [1.807, 2.05) is 0 Å². The van der Waals surface area contributed by atoms with Gasteiger partial charge in [-0.15, -0.1) is 0 Å². The molecule has 0 saturated carbocycles. The number of hydrogen-bond donors (Lipinski definition) is 2. The van der Waals surface area contributed by atoms with Crippen molar-refractivity contribution < 1.29 is 9.90 Å². The molecule has 0 aliphatic rings. The van der Waals surface area contributed by atoms with Crippen LogP contribution in [0.4, 0.5) is 0 Å². The minimum atomic E-state index is -0.653. The Morgan fingerprint density at radius 3 is 1.95 bits per heavy atom. The zero-order valence-electron chi connectivity index (χ0n) is 13.8. The maximum Gasteiger partial charge on any atom is 0.226 e. The van der Waals surface area contributed by atoms with Crippen LogP contribution in [-0.2, 0) is 4.79 Å². The first kappa shape index (κ1) is 19.4. The Labute approximate surface area is 124 Å². The van der Waals surface area contributed by atoms with E-state index >= 15 is 0 Å². The molecule has 0 aliphatic carbocycles. The summed E-state index contributed by atoms with van der Waals surface area (Å²) in [5.74, 6) is -0.349. The normalized spacial score (nSPS) is 14.3. The molecule has 0 aromatic carbocycles. The number of hydrogen-bond acceptors (Lipinski definition) is 3. The van der Waals surface area contributed by atoms with Crippen LogP contribution in [0.15, 0.2) is 0 Å². The van der Waals surface area contributed by atoms with Gasteiger partial charge in [0.05, 0.1) is 5.92 Å². The summed E-state index contributed by atoms with van der Waals surface area (Å²) in [7, 11) is 1.65. The third-order valence-electron chi connectivity index (χ3n) is 3.78. The van der Waals surface area contributed by atoms with Gasteiger partial charge in [-0.3, -0.25) is 9.69 Å². The molecule has 0 saturated heterocycles. The molecule has 1 amide bonds. The summed E-state index contributed by atoms with van der Waals surface area (Å²) < 4.78 is 0. The van der Waals surface area contributed by atoms with E-state index in [4.69, 9.17) is 0 Å². The molecule has 0 rings (SSSR count). The SMILES string of the molecule is CCCCC(C(=O)NC)C(O)N(CCCC)CCCC. The van der Waals surface area contributed by atoms with E-state index in [1.54, 1.807) is 7.05 Å². The lowest BCUT2D eigenvalue weighted by atomic mass is 9.98. The van der Waals surface area contributed by atoms with Crippen LogP contribution >= 0.6 is 0 Å². The fraction of sp³-hybridized carbons (Fsp3) is 0.938. The second kappa shape index (κ2) is 12.2. The van der Waals surface area contributed by atoms with E-state index in [1.165, 1.54) is 0 Å². The monoisotopic (exact) mass is 286 g/mol. The van der Waals surface area contributed by atoms with Gasteiger partial charge in [-0.1, -0.05) is 46.5 Å². The van der Waals surface area contributed by atoms with Crippen LogP contribution in [0.25, 0.3) is 0 Å². The smallest absolute Gasteiger partial charge is 0.226 e. The molecule has 4 nitrogen and oxygen atoms in total. The number of carbonyl (C=O) groups is 1. The summed E-state index contributed by atoms with van der Waals surface area (Å²) >= 11 is 0. The van der Waals surface area contributed by atoms with Gasteiger partial charge in [0.2, 0.25) is 5.91 Å². The van der Waals surface area contributed by atoms with Gasteiger partial charge in [-0.25, -0.2) is 0 Å². The van der Waals surface area contributed by atoms with Crippen LogP contribution < -0.4 is 5.32 Å². The van der Waals surface area contributed by atoms with Gasteiger partial charge in [0, 0.05) is 20.1 Å². The highest BCUT2D eigenvalue weighted by molar-refractivity contribution is 5.78. The Hall–Kier alpha value is -0.610. The molecule has 0 spiro atoms. The lowest BCUT2D eigenvalue weighted by Gasteiger charge is -2.32. The number of carbonyl (C=O) groups excluding carboxylic acids is 1. The van der Waals surface area contributed by atoms with E-state index in [0.717, 1.165) is 58.0 Å². The minimum absolute atomic E-state index is 0.0380. The highest BCUT2D eigenvalue weighted by Crippen LogP contribution is 2.18. The van der Waals surface area contributed by atoms with Gasteiger partial charge < -0.3 is 10.4 Å². The Bertz CT molecular complexity index is 239. The first-order chi connectivity index (χ1) is 9.62. The number of rotatable bonds is 12. The van der Waals surface area contributed by atoms with Gasteiger partial charge in [-0.05, 0) is 19.3 Å². The largest absolute Gasteiger partial charge is 0.378 e. The van der Waals surface area contributed by atoms with Crippen molar-refractivity contribution >= 4 is 5.91 Å². The highest BCUT2D eigenvalue weighted by Gasteiger charge is 2.29. The molecule has 120 valence electrons. The second-order valence-electron chi connectivity index (χ2n) is 5.52. The number of unbranched alkanes of at least 4 members (excludes halogenated alkanes) is 3. The summed E-state index contributed by atoms with van der Waals surface area (Å²) in [6.45, 7) is 8.16. The van der Waals surface area contributed by atoms with Crippen molar-refractivity contribution in [2.24, 2.45) is 5.92 Å². The number of amides is 1. The molecule has 0 aromatic rings. The van der Waals surface area contributed by atoms with E-state index in [0.29, 0.717) is 0 Å². The van der Waals surface area contributed by atoms with Crippen molar-refractivity contribution in [1.29, 1.82) is 0 Å². The van der Waals surface area contributed by atoms with Crippen LogP contribution in [0.3, 0.4) is 0 Å². The maximum atomic E-state index is 12.0. The average molecular weight is 286 g/mol. The Morgan fingerprint density at radius 2 is 1.55 bits per heavy atom. The quantitative estimate of drug-likeness (QED) is 0.542. The predicted octanol–water partition coefficient (Wildman–Crippen LogP) is 2.76. The number of nitrogens with zero attached hydrogens (tertiary/aromatic N) is 1. The van der Waals surface area contributed by atoms with E-state index in [9.17, 15) is 9.90 Å². The zero-order valence-corrected chi connectivity index (χ0v) is 13.8. The molecule has 4 heteroatoms. The molecule has 0 fully saturated rings. The molecule has 0 heterocycles. The molecule has 0 bridgehead atoms. The molecule has 0 radical (unpaired) electrons. The molecule has 2 N–H and O–H groups in total. The van der Waals surface area contributed by atoms with Gasteiger partial charge in [0.1, 0.15) is 6.23 Å². The maximum absolute atomic E-state index is 12.0. The van der Waals surface area contributed by atoms with Crippen LogP contribution in [0.2, 0.25) is 0 Å². The summed E-state index contributed by atoms with van der Waals surface area (Å²) in [5.41, 5.74) is 0. The zero-order chi connectivity index (χ0) is 15.4. The number of aliphatic hydroxyl groups is 1. The molecule has 0 aromatic heterocycles. The second-order valence-corrected chi connectivity index (χ2v) is 5.52. The van der Waals surface area contributed by atoms with Gasteiger partial charge in [-0.2, -0.15) is 0 Å². The first-order valence-electron chi connectivity index (χ1n) is 8.25. The van der Waals surface area contributed by atoms with Crippen molar-refractivity contribution in [3.05, 3.63) is 0 Å². The third-order valence-corrected chi connectivity index (χ3v) is 3.78. The van der Waals surface area contributed by atoms with Gasteiger partial charge in [0.15, 0.2) is 0 Å². The minimum Gasteiger partial charge on any atom is -0.378 e. The number of aliphatic hydroxyl groups excluding tert-OH is 1.